The lowest BCUT2D eigenvalue weighted by atomic mass is 9.91. The Bertz CT molecular complexity index is 908. The number of rotatable bonds is 2. The number of benzene rings is 2. The molecule has 2 aromatic rings. The molecule has 1 amide bonds. The van der Waals surface area contributed by atoms with Crippen molar-refractivity contribution in [2.45, 2.75) is 18.6 Å². The highest BCUT2D eigenvalue weighted by atomic mass is 35.5. The SMILES string of the molecule is C=C1CC2(OC1=O)C(=O)N(Cc1ccccc1)c1c(Cl)cc(Cl)cc12. The van der Waals surface area contributed by atoms with E-state index in [0.717, 1.165) is 5.56 Å². The monoisotopic (exact) mass is 373 g/mol. The summed E-state index contributed by atoms with van der Waals surface area (Å²) in [6.07, 6.45) is 0.0969. The van der Waals surface area contributed by atoms with E-state index in [1.807, 2.05) is 30.3 Å². The second-order valence-electron chi connectivity index (χ2n) is 6.16. The topological polar surface area (TPSA) is 46.6 Å². The molecule has 2 heterocycles. The molecule has 1 spiro atoms. The van der Waals surface area contributed by atoms with Crippen molar-refractivity contribution in [2.75, 3.05) is 4.90 Å². The summed E-state index contributed by atoms with van der Waals surface area (Å²) in [5.74, 6) is -0.903. The minimum absolute atomic E-state index is 0.0969. The summed E-state index contributed by atoms with van der Waals surface area (Å²) >= 11 is 12.5. The molecule has 0 N–H and O–H groups in total. The van der Waals surface area contributed by atoms with E-state index < -0.39 is 11.6 Å². The van der Waals surface area contributed by atoms with Crippen molar-refractivity contribution in [3.8, 4) is 0 Å². The largest absolute Gasteiger partial charge is 0.440 e. The third kappa shape index (κ3) is 2.36. The second kappa shape index (κ2) is 5.61. The fourth-order valence-corrected chi connectivity index (χ4v) is 4.00. The Morgan fingerprint density at radius 2 is 1.88 bits per heavy atom. The van der Waals surface area contributed by atoms with Crippen LogP contribution in [0.4, 0.5) is 5.69 Å². The van der Waals surface area contributed by atoms with Gasteiger partial charge in [-0.2, -0.15) is 0 Å². The summed E-state index contributed by atoms with van der Waals surface area (Å²) in [7, 11) is 0. The van der Waals surface area contributed by atoms with Crippen molar-refractivity contribution in [3.05, 3.63) is 75.8 Å². The highest BCUT2D eigenvalue weighted by molar-refractivity contribution is 6.38. The lowest BCUT2D eigenvalue weighted by Crippen LogP contribution is -2.40. The number of hydrogen-bond donors (Lipinski definition) is 0. The van der Waals surface area contributed by atoms with Gasteiger partial charge in [-0.25, -0.2) is 4.79 Å². The van der Waals surface area contributed by atoms with Gasteiger partial charge >= 0.3 is 5.97 Å². The first-order valence-corrected chi connectivity index (χ1v) is 8.44. The van der Waals surface area contributed by atoms with Gasteiger partial charge in [0.15, 0.2) is 0 Å². The van der Waals surface area contributed by atoms with E-state index >= 15 is 0 Å². The van der Waals surface area contributed by atoms with Crippen LogP contribution in [0.15, 0.2) is 54.6 Å². The van der Waals surface area contributed by atoms with Crippen molar-refractivity contribution in [2.24, 2.45) is 0 Å². The molecule has 126 valence electrons. The molecule has 1 atom stereocenters. The van der Waals surface area contributed by atoms with Gasteiger partial charge in [0.2, 0.25) is 5.60 Å². The van der Waals surface area contributed by atoms with Crippen molar-refractivity contribution in [1.82, 2.24) is 0 Å². The Labute approximate surface area is 154 Å². The Morgan fingerprint density at radius 1 is 1.16 bits per heavy atom. The van der Waals surface area contributed by atoms with Crippen LogP contribution in [-0.4, -0.2) is 11.9 Å². The van der Waals surface area contributed by atoms with E-state index in [1.54, 1.807) is 17.0 Å². The van der Waals surface area contributed by atoms with E-state index in [2.05, 4.69) is 6.58 Å². The Morgan fingerprint density at radius 3 is 2.52 bits per heavy atom. The predicted molar refractivity (Wildman–Crippen MR) is 95.6 cm³/mol. The zero-order chi connectivity index (χ0) is 17.8. The van der Waals surface area contributed by atoms with Gasteiger partial charge < -0.3 is 9.64 Å². The summed E-state index contributed by atoms with van der Waals surface area (Å²) in [4.78, 5) is 26.8. The molecule has 4 rings (SSSR count). The molecule has 0 aliphatic carbocycles. The van der Waals surface area contributed by atoms with Crippen LogP contribution in [0.5, 0.6) is 0 Å². The Kier molecular flexibility index (Phi) is 3.63. The third-order valence-corrected chi connectivity index (χ3v) is 5.03. The van der Waals surface area contributed by atoms with E-state index in [-0.39, 0.29) is 17.9 Å². The molecule has 1 saturated heterocycles. The van der Waals surface area contributed by atoms with Gasteiger partial charge in [0, 0.05) is 22.6 Å². The summed E-state index contributed by atoms with van der Waals surface area (Å²) in [6.45, 7) is 4.02. The molecule has 0 saturated carbocycles. The van der Waals surface area contributed by atoms with E-state index in [9.17, 15) is 9.59 Å². The minimum Gasteiger partial charge on any atom is -0.440 e. The molecule has 4 nitrogen and oxygen atoms in total. The summed E-state index contributed by atoms with van der Waals surface area (Å²) in [6, 6.07) is 12.7. The van der Waals surface area contributed by atoms with E-state index in [1.165, 1.54) is 0 Å². The van der Waals surface area contributed by atoms with Crippen molar-refractivity contribution < 1.29 is 14.3 Å². The number of anilines is 1. The van der Waals surface area contributed by atoms with Gasteiger partial charge in [-0.3, -0.25) is 4.79 Å². The maximum absolute atomic E-state index is 13.3. The first kappa shape index (κ1) is 16.2. The van der Waals surface area contributed by atoms with Crippen molar-refractivity contribution in [1.29, 1.82) is 0 Å². The minimum atomic E-state index is -1.42. The highest BCUT2D eigenvalue weighted by Gasteiger charge is 2.59. The number of ether oxygens (including phenoxy) is 1. The summed E-state index contributed by atoms with van der Waals surface area (Å²) in [5.41, 5.74) is 0.817. The lowest BCUT2D eigenvalue weighted by molar-refractivity contribution is -0.156. The van der Waals surface area contributed by atoms with Gasteiger partial charge in [-0.1, -0.05) is 60.1 Å². The zero-order valence-electron chi connectivity index (χ0n) is 13.1. The molecule has 1 fully saturated rings. The van der Waals surface area contributed by atoms with Crippen LogP contribution in [0.3, 0.4) is 0 Å². The number of carbonyl (C=O) groups excluding carboxylic acids is 2. The molecule has 0 aromatic heterocycles. The molecular formula is C19H13Cl2NO3. The van der Waals surface area contributed by atoms with Gasteiger partial charge in [0.25, 0.3) is 5.91 Å². The fraction of sp³-hybridized carbons (Fsp3) is 0.158. The predicted octanol–water partition coefficient (Wildman–Crippen LogP) is 4.24. The molecule has 25 heavy (non-hydrogen) atoms. The van der Waals surface area contributed by atoms with Crippen LogP contribution < -0.4 is 4.90 Å². The van der Waals surface area contributed by atoms with Gasteiger partial charge in [-0.15, -0.1) is 0 Å². The number of fused-ring (bicyclic) bond motifs is 2. The highest BCUT2D eigenvalue weighted by Crippen LogP contribution is 2.53. The Balaban J connectivity index is 1.88. The Hall–Kier alpha value is -2.30. The maximum Gasteiger partial charge on any atom is 0.335 e. The van der Waals surface area contributed by atoms with Crippen LogP contribution in [0, 0.1) is 0 Å². The number of amides is 1. The van der Waals surface area contributed by atoms with Gasteiger partial charge in [0.1, 0.15) is 0 Å². The van der Waals surface area contributed by atoms with Gasteiger partial charge in [-0.05, 0) is 17.7 Å². The third-order valence-electron chi connectivity index (χ3n) is 4.53. The molecule has 0 radical (unpaired) electrons. The number of nitrogens with zero attached hydrogens (tertiary/aromatic N) is 1. The first-order valence-electron chi connectivity index (χ1n) is 7.69. The average molecular weight is 374 g/mol. The normalized spacial score (nSPS) is 21.8. The molecule has 2 aliphatic heterocycles. The van der Waals surface area contributed by atoms with Gasteiger partial charge in [0.05, 0.1) is 17.3 Å². The molecule has 1 unspecified atom stereocenters. The van der Waals surface area contributed by atoms with Crippen molar-refractivity contribution >= 4 is 40.8 Å². The van der Waals surface area contributed by atoms with Crippen LogP contribution in [-0.2, 0) is 26.5 Å². The number of halogens is 2. The van der Waals surface area contributed by atoms with E-state index in [0.29, 0.717) is 27.8 Å². The maximum atomic E-state index is 13.3. The summed E-state index contributed by atoms with van der Waals surface area (Å²) < 4.78 is 5.49. The standard InChI is InChI=1S/C19H13Cl2NO3/c1-11-9-19(25-17(11)23)14-7-13(20)8-15(21)16(14)22(18(19)24)10-12-5-3-2-4-6-12/h2-8H,1,9-10H2. The molecule has 2 aromatic carbocycles. The first-order chi connectivity index (χ1) is 11.9. The van der Waals surface area contributed by atoms with Crippen LogP contribution in [0.2, 0.25) is 10.0 Å². The number of esters is 1. The molecule has 6 heteroatoms. The molecule has 2 aliphatic rings. The average Bonchev–Trinajstić information content (AvgIpc) is 2.99. The lowest BCUT2D eigenvalue weighted by Gasteiger charge is -2.22. The van der Waals surface area contributed by atoms with E-state index in [4.69, 9.17) is 27.9 Å². The number of carbonyl (C=O) groups is 2. The molecular weight excluding hydrogens is 361 g/mol. The van der Waals surface area contributed by atoms with Crippen LogP contribution >= 0.6 is 23.2 Å². The number of hydrogen-bond acceptors (Lipinski definition) is 3. The fourth-order valence-electron chi connectivity index (χ4n) is 3.41. The van der Waals surface area contributed by atoms with Crippen LogP contribution in [0.25, 0.3) is 0 Å². The van der Waals surface area contributed by atoms with Crippen LogP contribution in [0.1, 0.15) is 17.5 Å². The summed E-state index contributed by atoms with van der Waals surface area (Å²) in [5, 5.41) is 0.725. The smallest absolute Gasteiger partial charge is 0.335 e. The second-order valence-corrected chi connectivity index (χ2v) is 7.00. The quantitative estimate of drug-likeness (QED) is 0.584. The molecule has 0 bridgehead atoms. The van der Waals surface area contributed by atoms with Crippen molar-refractivity contribution in [3.63, 3.8) is 0 Å². The zero-order valence-corrected chi connectivity index (χ0v) is 14.6.